The summed E-state index contributed by atoms with van der Waals surface area (Å²) in [5, 5.41) is 13.4. The molecule has 1 N–H and O–H groups in total. The zero-order valence-electron chi connectivity index (χ0n) is 18.2. The number of rotatable bonds is 7. The Morgan fingerprint density at radius 1 is 1.00 bits per heavy atom. The lowest BCUT2D eigenvalue weighted by atomic mass is 10.2. The fourth-order valence-electron chi connectivity index (χ4n) is 3.31. The Kier molecular flexibility index (Phi) is 7.38. The van der Waals surface area contributed by atoms with Crippen LogP contribution in [0.5, 0.6) is 5.75 Å². The molecule has 0 spiro atoms. The van der Waals surface area contributed by atoms with Crippen molar-refractivity contribution in [2.75, 3.05) is 5.32 Å². The standard InChI is InChI=1S/C23H19Cl4N5O2/c1-13-22(14(2)32(29-13)11-15-6-7-16(24)18(26)10-15)28-23(33)19-8-9-31(30-19)12-34-20-5-3-4-17(25)21(20)27/h3-10H,11-12H2,1-2H3,(H,28,33). The van der Waals surface area contributed by atoms with E-state index in [4.69, 9.17) is 51.1 Å². The van der Waals surface area contributed by atoms with Crippen LogP contribution in [-0.4, -0.2) is 25.5 Å². The third-order valence-electron chi connectivity index (χ3n) is 5.08. The first kappa shape index (κ1) is 24.4. The number of amides is 1. The zero-order valence-corrected chi connectivity index (χ0v) is 21.2. The first-order chi connectivity index (χ1) is 16.2. The van der Waals surface area contributed by atoms with Crippen LogP contribution >= 0.6 is 46.4 Å². The minimum absolute atomic E-state index is 0.0625. The van der Waals surface area contributed by atoms with Crippen LogP contribution in [0, 0.1) is 13.8 Å². The van der Waals surface area contributed by atoms with Crippen molar-refractivity contribution in [2.45, 2.75) is 27.1 Å². The number of anilines is 1. The Hall–Kier alpha value is -2.71. The van der Waals surface area contributed by atoms with E-state index < -0.39 is 0 Å². The fourth-order valence-corrected chi connectivity index (χ4v) is 3.97. The average Bonchev–Trinajstić information content (AvgIpc) is 3.38. The number of aromatic nitrogens is 4. The molecule has 0 bridgehead atoms. The highest BCUT2D eigenvalue weighted by molar-refractivity contribution is 6.43. The van der Waals surface area contributed by atoms with Gasteiger partial charge in [0, 0.05) is 6.20 Å². The first-order valence-corrected chi connectivity index (χ1v) is 11.6. The van der Waals surface area contributed by atoms with Crippen molar-refractivity contribution in [2.24, 2.45) is 0 Å². The smallest absolute Gasteiger partial charge is 0.276 e. The van der Waals surface area contributed by atoms with E-state index in [9.17, 15) is 4.79 Å². The van der Waals surface area contributed by atoms with Crippen LogP contribution in [0.15, 0.2) is 48.7 Å². The molecule has 0 radical (unpaired) electrons. The third-order valence-corrected chi connectivity index (χ3v) is 6.62. The lowest BCUT2D eigenvalue weighted by molar-refractivity contribution is 0.102. The summed E-state index contributed by atoms with van der Waals surface area (Å²) in [5.41, 5.74) is 3.29. The van der Waals surface area contributed by atoms with Crippen molar-refractivity contribution in [1.82, 2.24) is 19.6 Å². The van der Waals surface area contributed by atoms with Crippen LogP contribution < -0.4 is 10.1 Å². The highest BCUT2D eigenvalue weighted by atomic mass is 35.5. The third kappa shape index (κ3) is 5.33. The Bertz CT molecular complexity index is 1370. The molecule has 0 atom stereocenters. The van der Waals surface area contributed by atoms with Crippen molar-refractivity contribution in [3.05, 3.63) is 91.4 Å². The molecule has 4 rings (SSSR count). The van der Waals surface area contributed by atoms with E-state index in [1.807, 2.05) is 19.9 Å². The van der Waals surface area contributed by atoms with Gasteiger partial charge in [-0.15, -0.1) is 0 Å². The van der Waals surface area contributed by atoms with Crippen molar-refractivity contribution in [3.8, 4) is 5.75 Å². The van der Waals surface area contributed by atoms with E-state index in [-0.39, 0.29) is 18.3 Å². The van der Waals surface area contributed by atoms with E-state index >= 15 is 0 Å². The van der Waals surface area contributed by atoms with Crippen LogP contribution in [-0.2, 0) is 13.3 Å². The predicted molar refractivity (Wildman–Crippen MR) is 135 cm³/mol. The molecule has 34 heavy (non-hydrogen) atoms. The molecule has 2 aromatic heterocycles. The summed E-state index contributed by atoms with van der Waals surface area (Å²) >= 11 is 24.2. The largest absolute Gasteiger partial charge is 0.470 e. The molecular weight excluding hydrogens is 520 g/mol. The maximum atomic E-state index is 12.8. The van der Waals surface area contributed by atoms with Gasteiger partial charge in [0.1, 0.15) is 10.8 Å². The zero-order chi connectivity index (χ0) is 24.4. The predicted octanol–water partition coefficient (Wildman–Crippen LogP) is 6.65. The fraction of sp³-hybridized carbons (Fsp3) is 0.174. The summed E-state index contributed by atoms with van der Waals surface area (Å²) in [6.07, 6.45) is 1.64. The number of nitrogens with one attached hydrogen (secondary N) is 1. The van der Waals surface area contributed by atoms with Crippen molar-refractivity contribution < 1.29 is 9.53 Å². The molecule has 0 aliphatic carbocycles. The number of ether oxygens (including phenoxy) is 1. The maximum absolute atomic E-state index is 12.8. The van der Waals surface area contributed by atoms with Gasteiger partial charge in [0.25, 0.3) is 5.91 Å². The summed E-state index contributed by atoms with van der Waals surface area (Å²) in [6, 6.07) is 12.1. The Balaban J connectivity index is 1.43. The van der Waals surface area contributed by atoms with Crippen LogP contribution in [0.3, 0.4) is 0 Å². The molecule has 0 saturated carbocycles. The van der Waals surface area contributed by atoms with Crippen molar-refractivity contribution >= 4 is 58.0 Å². The van der Waals surface area contributed by atoms with Crippen molar-refractivity contribution in [1.29, 1.82) is 0 Å². The second kappa shape index (κ2) is 10.3. The van der Waals surface area contributed by atoms with E-state index in [1.54, 1.807) is 47.3 Å². The van der Waals surface area contributed by atoms with Gasteiger partial charge in [-0.05, 0) is 49.7 Å². The molecule has 7 nitrogen and oxygen atoms in total. The Labute approximate surface area is 216 Å². The van der Waals surface area contributed by atoms with Crippen LogP contribution in [0.25, 0.3) is 0 Å². The van der Waals surface area contributed by atoms with Crippen LogP contribution in [0.2, 0.25) is 20.1 Å². The van der Waals surface area contributed by atoms with Crippen molar-refractivity contribution in [3.63, 3.8) is 0 Å². The molecule has 0 saturated heterocycles. The molecule has 2 aromatic carbocycles. The Morgan fingerprint density at radius 3 is 2.56 bits per heavy atom. The van der Waals surface area contributed by atoms with Crippen LogP contribution in [0.1, 0.15) is 27.4 Å². The number of aryl methyl sites for hydroxylation is 1. The van der Waals surface area contributed by atoms with Gasteiger partial charge in [0.2, 0.25) is 0 Å². The summed E-state index contributed by atoms with van der Waals surface area (Å²) < 4.78 is 8.93. The Morgan fingerprint density at radius 2 is 1.79 bits per heavy atom. The van der Waals surface area contributed by atoms with Gasteiger partial charge < -0.3 is 10.1 Å². The normalized spacial score (nSPS) is 11.0. The van der Waals surface area contributed by atoms with E-state index in [1.165, 1.54) is 4.68 Å². The number of benzene rings is 2. The van der Waals surface area contributed by atoms with Gasteiger partial charge in [-0.3, -0.25) is 9.48 Å². The summed E-state index contributed by atoms with van der Waals surface area (Å²) in [6.45, 7) is 4.26. The number of carbonyl (C=O) groups is 1. The van der Waals surface area contributed by atoms with Crippen LogP contribution in [0.4, 0.5) is 5.69 Å². The summed E-state index contributed by atoms with van der Waals surface area (Å²) in [4.78, 5) is 12.8. The van der Waals surface area contributed by atoms with E-state index in [0.29, 0.717) is 43.8 Å². The first-order valence-electron chi connectivity index (χ1n) is 10.1. The minimum Gasteiger partial charge on any atom is -0.470 e. The topological polar surface area (TPSA) is 74.0 Å². The molecule has 11 heteroatoms. The molecule has 4 aromatic rings. The number of hydrogen-bond donors (Lipinski definition) is 1. The second-order valence-electron chi connectivity index (χ2n) is 7.47. The lowest BCUT2D eigenvalue weighted by Crippen LogP contribution is -2.15. The highest BCUT2D eigenvalue weighted by Gasteiger charge is 2.17. The molecule has 2 heterocycles. The van der Waals surface area contributed by atoms with Gasteiger partial charge in [-0.25, -0.2) is 4.68 Å². The summed E-state index contributed by atoms with van der Waals surface area (Å²) in [5.74, 6) is 0.0659. The van der Waals surface area contributed by atoms with Gasteiger partial charge in [-0.1, -0.05) is 58.5 Å². The molecular formula is C23H19Cl4N5O2. The summed E-state index contributed by atoms with van der Waals surface area (Å²) in [7, 11) is 0. The molecule has 176 valence electrons. The molecule has 0 unspecified atom stereocenters. The van der Waals surface area contributed by atoms with Gasteiger partial charge in [0.05, 0.1) is 38.7 Å². The second-order valence-corrected chi connectivity index (χ2v) is 9.07. The average molecular weight is 539 g/mol. The maximum Gasteiger partial charge on any atom is 0.276 e. The van der Waals surface area contributed by atoms with Gasteiger partial charge in [-0.2, -0.15) is 10.2 Å². The molecule has 0 aliphatic heterocycles. The molecule has 0 fully saturated rings. The van der Waals surface area contributed by atoms with E-state index in [0.717, 1.165) is 11.3 Å². The SMILES string of the molecule is Cc1nn(Cc2ccc(Cl)c(Cl)c2)c(C)c1NC(=O)c1ccn(COc2cccc(Cl)c2Cl)n1. The lowest BCUT2D eigenvalue weighted by Gasteiger charge is -2.09. The number of halogens is 4. The monoisotopic (exact) mass is 537 g/mol. The molecule has 0 aliphatic rings. The van der Waals surface area contributed by atoms with Gasteiger partial charge >= 0.3 is 0 Å². The molecule has 1 amide bonds. The number of hydrogen-bond acceptors (Lipinski definition) is 4. The van der Waals surface area contributed by atoms with E-state index in [2.05, 4.69) is 15.5 Å². The van der Waals surface area contributed by atoms with Gasteiger partial charge in [0.15, 0.2) is 12.4 Å². The quantitative estimate of drug-likeness (QED) is 0.286. The number of nitrogens with zero attached hydrogens (tertiary/aromatic N) is 4. The highest BCUT2D eigenvalue weighted by Crippen LogP contribution is 2.31. The number of carbonyl (C=O) groups excluding carboxylic acids is 1. The minimum atomic E-state index is -0.361.